The molecule has 0 amide bonds. The molecule has 94 valence electrons. The Labute approximate surface area is 102 Å². The van der Waals surface area contributed by atoms with Crippen molar-refractivity contribution in [2.75, 3.05) is 0 Å². The molecular formula is C11H9FN2O3S. The molecule has 18 heavy (non-hydrogen) atoms. The van der Waals surface area contributed by atoms with Gasteiger partial charge in [-0.2, -0.15) is 0 Å². The van der Waals surface area contributed by atoms with Crippen LogP contribution in [0.3, 0.4) is 0 Å². The molecule has 1 aliphatic rings. The van der Waals surface area contributed by atoms with Gasteiger partial charge in [-0.05, 0) is 18.2 Å². The number of sulfone groups is 1. The van der Waals surface area contributed by atoms with Gasteiger partial charge in [0.1, 0.15) is 5.82 Å². The van der Waals surface area contributed by atoms with Gasteiger partial charge >= 0.3 is 0 Å². The van der Waals surface area contributed by atoms with E-state index in [-0.39, 0.29) is 17.1 Å². The van der Waals surface area contributed by atoms with Crippen LogP contribution in [0.2, 0.25) is 0 Å². The van der Waals surface area contributed by atoms with Crippen molar-refractivity contribution in [2.24, 2.45) is 0 Å². The third kappa shape index (κ3) is 1.67. The minimum atomic E-state index is -3.21. The van der Waals surface area contributed by atoms with Crippen LogP contribution < -0.4 is 5.56 Å². The zero-order valence-electron chi connectivity index (χ0n) is 9.18. The van der Waals surface area contributed by atoms with Crippen molar-refractivity contribution in [2.45, 2.75) is 11.5 Å². The molecule has 0 atom stereocenters. The molecule has 0 unspecified atom stereocenters. The van der Waals surface area contributed by atoms with Crippen LogP contribution in [0.25, 0.3) is 5.69 Å². The van der Waals surface area contributed by atoms with Crippen molar-refractivity contribution >= 4 is 9.84 Å². The number of aromatic nitrogens is 2. The number of benzene rings is 1. The highest BCUT2D eigenvalue weighted by atomic mass is 32.2. The smallest absolute Gasteiger partial charge is 0.275 e. The van der Waals surface area contributed by atoms with E-state index in [4.69, 9.17) is 0 Å². The van der Waals surface area contributed by atoms with Crippen LogP contribution in [0.15, 0.2) is 29.1 Å². The van der Waals surface area contributed by atoms with E-state index in [1.807, 2.05) is 0 Å². The zero-order chi connectivity index (χ0) is 12.9. The summed E-state index contributed by atoms with van der Waals surface area (Å²) >= 11 is 0. The third-order valence-electron chi connectivity index (χ3n) is 2.87. The summed E-state index contributed by atoms with van der Waals surface area (Å²) in [7, 11) is -3.21. The maximum absolute atomic E-state index is 13.1. The lowest BCUT2D eigenvalue weighted by Crippen LogP contribution is -2.18. The minimum absolute atomic E-state index is 0.167. The van der Waals surface area contributed by atoms with Gasteiger partial charge in [0, 0.05) is 0 Å². The Morgan fingerprint density at radius 1 is 1.28 bits per heavy atom. The molecule has 1 aromatic carbocycles. The van der Waals surface area contributed by atoms with Gasteiger partial charge in [0.15, 0.2) is 9.84 Å². The first kappa shape index (κ1) is 11.2. The summed E-state index contributed by atoms with van der Waals surface area (Å²) in [6.07, 6.45) is 0. The van der Waals surface area contributed by atoms with E-state index in [0.29, 0.717) is 11.4 Å². The van der Waals surface area contributed by atoms with E-state index in [1.165, 1.54) is 22.9 Å². The predicted octanol–water partition coefficient (Wildman–Crippen LogP) is 0.733. The molecule has 0 saturated carbocycles. The van der Waals surface area contributed by atoms with Crippen molar-refractivity contribution in [3.05, 3.63) is 51.7 Å². The van der Waals surface area contributed by atoms with Gasteiger partial charge in [-0.1, -0.05) is 6.07 Å². The van der Waals surface area contributed by atoms with E-state index in [0.717, 1.165) is 0 Å². The Morgan fingerprint density at radius 3 is 2.72 bits per heavy atom. The van der Waals surface area contributed by atoms with Crippen molar-refractivity contribution < 1.29 is 12.8 Å². The van der Waals surface area contributed by atoms with Crippen LogP contribution in [-0.4, -0.2) is 18.2 Å². The standard InChI is InChI=1S/C11H9FN2O3S/c12-7-2-1-3-8(4-7)14-11(15)9-5-18(16,17)6-10(9)13-14/h1-4,13H,5-6H2. The maximum Gasteiger partial charge on any atom is 0.275 e. The molecule has 2 aromatic rings. The quantitative estimate of drug-likeness (QED) is 0.829. The third-order valence-corrected chi connectivity index (χ3v) is 4.32. The Hall–Kier alpha value is -1.89. The lowest BCUT2D eigenvalue weighted by atomic mass is 10.3. The molecule has 7 heteroatoms. The summed E-state index contributed by atoms with van der Waals surface area (Å²) in [5.41, 5.74) is 0.562. The van der Waals surface area contributed by atoms with Crippen molar-refractivity contribution in [1.82, 2.24) is 9.78 Å². The highest BCUT2D eigenvalue weighted by Crippen LogP contribution is 2.21. The Morgan fingerprint density at radius 2 is 2.06 bits per heavy atom. The zero-order valence-corrected chi connectivity index (χ0v) is 10.00. The molecule has 5 nitrogen and oxygen atoms in total. The van der Waals surface area contributed by atoms with Crippen molar-refractivity contribution in [3.8, 4) is 5.69 Å². The molecule has 2 heterocycles. The Kier molecular flexibility index (Phi) is 2.21. The number of H-pyrrole nitrogens is 1. The molecule has 0 saturated heterocycles. The fourth-order valence-electron chi connectivity index (χ4n) is 2.07. The predicted molar refractivity (Wildman–Crippen MR) is 62.7 cm³/mol. The number of hydrogen-bond acceptors (Lipinski definition) is 3. The lowest BCUT2D eigenvalue weighted by molar-refractivity contribution is 0.596. The van der Waals surface area contributed by atoms with Crippen LogP contribution in [0.4, 0.5) is 4.39 Å². The number of halogens is 1. The van der Waals surface area contributed by atoms with E-state index >= 15 is 0 Å². The molecule has 1 aliphatic heterocycles. The molecule has 0 fully saturated rings. The monoisotopic (exact) mass is 268 g/mol. The van der Waals surface area contributed by atoms with Crippen LogP contribution in [0, 0.1) is 5.82 Å². The van der Waals surface area contributed by atoms with E-state index < -0.39 is 21.2 Å². The maximum atomic E-state index is 13.1. The first-order valence-corrected chi connectivity index (χ1v) is 7.07. The molecule has 0 spiro atoms. The lowest BCUT2D eigenvalue weighted by Gasteiger charge is -2.02. The van der Waals surface area contributed by atoms with Gasteiger partial charge < -0.3 is 0 Å². The number of aromatic amines is 1. The van der Waals surface area contributed by atoms with Crippen LogP contribution in [0.5, 0.6) is 0 Å². The van der Waals surface area contributed by atoms with E-state index in [1.54, 1.807) is 6.07 Å². The van der Waals surface area contributed by atoms with Crippen LogP contribution >= 0.6 is 0 Å². The molecule has 1 N–H and O–H groups in total. The van der Waals surface area contributed by atoms with Gasteiger partial charge in [0.25, 0.3) is 5.56 Å². The summed E-state index contributed by atoms with van der Waals surface area (Å²) in [5, 5.41) is 2.72. The van der Waals surface area contributed by atoms with Gasteiger partial charge in [0.2, 0.25) is 0 Å². The van der Waals surface area contributed by atoms with E-state index in [2.05, 4.69) is 5.10 Å². The SMILES string of the molecule is O=c1c2c([nH]n1-c1cccc(F)c1)CS(=O)(=O)C2. The van der Waals surface area contributed by atoms with E-state index in [9.17, 15) is 17.6 Å². The largest absolute Gasteiger partial charge is 0.294 e. The molecule has 0 bridgehead atoms. The Bertz CT molecular complexity index is 789. The average Bonchev–Trinajstić information content (AvgIpc) is 2.73. The number of rotatable bonds is 1. The second-order valence-corrected chi connectivity index (χ2v) is 6.29. The summed E-state index contributed by atoms with van der Waals surface area (Å²) < 4.78 is 37.0. The van der Waals surface area contributed by atoms with Crippen molar-refractivity contribution in [3.63, 3.8) is 0 Å². The number of fused-ring (bicyclic) bond motifs is 1. The average molecular weight is 268 g/mol. The van der Waals surface area contributed by atoms with Gasteiger partial charge in [0.05, 0.1) is 28.5 Å². The highest BCUT2D eigenvalue weighted by Gasteiger charge is 2.30. The molecular weight excluding hydrogens is 259 g/mol. The second-order valence-electron chi connectivity index (χ2n) is 4.22. The molecule has 3 rings (SSSR count). The first-order chi connectivity index (χ1) is 8.46. The number of nitrogens with zero attached hydrogens (tertiary/aromatic N) is 1. The molecule has 0 radical (unpaired) electrons. The number of nitrogens with one attached hydrogen (secondary N) is 1. The topological polar surface area (TPSA) is 71.9 Å². The normalized spacial score (nSPS) is 16.7. The summed E-state index contributed by atoms with van der Waals surface area (Å²) in [6.45, 7) is 0. The van der Waals surface area contributed by atoms with Crippen molar-refractivity contribution in [1.29, 1.82) is 0 Å². The van der Waals surface area contributed by atoms with Crippen LogP contribution in [-0.2, 0) is 21.3 Å². The summed E-state index contributed by atoms with van der Waals surface area (Å²) in [5.74, 6) is -0.873. The minimum Gasteiger partial charge on any atom is -0.294 e. The second kappa shape index (κ2) is 3.55. The highest BCUT2D eigenvalue weighted by molar-refractivity contribution is 7.90. The fraction of sp³-hybridized carbons (Fsp3) is 0.182. The fourth-order valence-corrected chi connectivity index (χ4v) is 3.59. The van der Waals surface area contributed by atoms with Gasteiger partial charge in [-0.25, -0.2) is 17.5 Å². The first-order valence-electron chi connectivity index (χ1n) is 5.25. The molecule has 1 aromatic heterocycles. The Balaban J connectivity index is 2.16. The van der Waals surface area contributed by atoms with Crippen LogP contribution in [0.1, 0.15) is 11.3 Å². The summed E-state index contributed by atoms with van der Waals surface area (Å²) in [4.78, 5) is 12.0. The number of hydrogen-bond donors (Lipinski definition) is 1. The summed E-state index contributed by atoms with van der Waals surface area (Å²) in [6, 6.07) is 5.54. The molecule has 0 aliphatic carbocycles. The van der Waals surface area contributed by atoms with Gasteiger partial charge in [-0.3, -0.25) is 9.89 Å². The van der Waals surface area contributed by atoms with Gasteiger partial charge in [-0.15, -0.1) is 0 Å².